The summed E-state index contributed by atoms with van der Waals surface area (Å²) in [6.07, 6.45) is 2.22. The number of anilines is 1. The fourth-order valence-electron chi connectivity index (χ4n) is 4.41. The van der Waals surface area contributed by atoms with Gasteiger partial charge in [0.05, 0.1) is 37.2 Å². The van der Waals surface area contributed by atoms with Crippen LogP contribution >= 0.6 is 0 Å². The molecule has 1 unspecified atom stereocenters. The Balaban J connectivity index is 1.78. The third-order valence-corrected chi connectivity index (χ3v) is 6.12. The van der Waals surface area contributed by atoms with E-state index in [1.807, 2.05) is 55.7 Å². The standard InChI is InChI=1S/C26H28N4O4/c1-6-22(25(31)28-21-14-19(33-4)12-13-23(21)34-5)29-16(2)20-15-27-30(18-10-8-7-9-11-18)26(32)24(20)17(29)3/h7-15,22H,6H2,1-5H3,(H,28,31). The minimum Gasteiger partial charge on any atom is -0.497 e. The second kappa shape index (κ2) is 9.43. The van der Waals surface area contributed by atoms with E-state index < -0.39 is 6.04 Å². The van der Waals surface area contributed by atoms with Gasteiger partial charge in [-0.25, -0.2) is 0 Å². The summed E-state index contributed by atoms with van der Waals surface area (Å²) < 4.78 is 14.0. The Morgan fingerprint density at radius 3 is 2.44 bits per heavy atom. The molecule has 2 heterocycles. The lowest BCUT2D eigenvalue weighted by atomic mass is 10.1. The Labute approximate surface area is 197 Å². The largest absolute Gasteiger partial charge is 0.497 e. The molecule has 0 spiro atoms. The molecule has 0 aliphatic heterocycles. The number of nitrogens with zero attached hydrogens (tertiary/aromatic N) is 3. The van der Waals surface area contributed by atoms with Crippen molar-refractivity contribution in [2.24, 2.45) is 0 Å². The number of aryl methyl sites for hydroxylation is 2. The van der Waals surface area contributed by atoms with Crippen molar-refractivity contribution < 1.29 is 14.3 Å². The van der Waals surface area contributed by atoms with Gasteiger partial charge in [0.25, 0.3) is 5.56 Å². The van der Waals surface area contributed by atoms with Crippen LogP contribution in [0.15, 0.2) is 59.5 Å². The number of rotatable bonds is 7. The first-order valence-electron chi connectivity index (χ1n) is 11.1. The molecule has 4 rings (SSSR count). The number of amides is 1. The van der Waals surface area contributed by atoms with Crippen LogP contribution < -0.4 is 20.3 Å². The third kappa shape index (κ3) is 3.91. The van der Waals surface area contributed by atoms with Crippen LogP contribution in [0.4, 0.5) is 5.69 Å². The maximum atomic E-state index is 13.4. The summed E-state index contributed by atoms with van der Waals surface area (Å²) in [6, 6.07) is 14.0. The van der Waals surface area contributed by atoms with Crippen LogP contribution in [0.3, 0.4) is 0 Å². The molecular weight excluding hydrogens is 432 g/mol. The number of ether oxygens (including phenoxy) is 2. The van der Waals surface area contributed by atoms with Gasteiger partial charge < -0.3 is 19.4 Å². The van der Waals surface area contributed by atoms with Crippen molar-refractivity contribution >= 4 is 22.4 Å². The molecule has 34 heavy (non-hydrogen) atoms. The lowest BCUT2D eigenvalue weighted by Crippen LogP contribution is -2.27. The van der Waals surface area contributed by atoms with Crippen molar-refractivity contribution in [3.05, 3.63) is 76.5 Å². The summed E-state index contributed by atoms with van der Waals surface area (Å²) >= 11 is 0. The highest BCUT2D eigenvalue weighted by atomic mass is 16.5. The van der Waals surface area contributed by atoms with E-state index in [9.17, 15) is 9.59 Å². The molecule has 2 aromatic heterocycles. The average Bonchev–Trinajstić information content (AvgIpc) is 3.11. The minimum atomic E-state index is -0.534. The van der Waals surface area contributed by atoms with E-state index in [4.69, 9.17) is 9.47 Å². The maximum Gasteiger partial charge on any atom is 0.281 e. The molecule has 1 N–H and O–H groups in total. The summed E-state index contributed by atoms with van der Waals surface area (Å²) in [5.41, 5.74) is 2.54. The lowest BCUT2D eigenvalue weighted by Gasteiger charge is -2.21. The minimum absolute atomic E-state index is 0.211. The quantitative estimate of drug-likeness (QED) is 0.441. The van der Waals surface area contributed by atoms with E-state index in [0.717, 1.165) is 16.8 Å². The molecule has 8 nitrogen and oxygen atoms in total. The van der Waals surface area contributed by atoms with Crippen LogP contribution in [0.5, 0.6) is 11.5 Å². The van der Waals surface area contributed by atoms with Gasteiger partial charge in [-0.15, -0.1) is 0 Å². The number of para-hydroxylation sites is 1. The van der Waals surface area contributed by atoms with Gasteiger partial charge in [-0.05, 0) is 44.5 Å². The molecule has 1 amide bonds. The van der Waals surface area contributed by atoms with E-state index in [-0.39, 0.29) is 11.5 Å². The SMILES string of the molecule is CCC(C(=O)Nc1cc(OC)ccc1OC)n1c(C)c2cnn(-c3ccccc3)c(=O)c2c1C. The fraction of sp³-hybridized carbons (Fsp3) is 0.269. The molecule has 0 fully saturated rings. The number of carbonyl (C=O) groups excluding carboxylic acids is 1. The van der Waals surface area contributed by atoms with E-state index >= 15 is 0 Å². The number of hydrogen-bond donors (Lipinski definition) is 1. The van der Waals surface area contributed by atoms with Gasteiger partial charge >= 0.3 is 0 Å². The Hall–Kier alpha value is -4.07. The Kier molecular flexibility index (Phi) is 6.40. The van der Waals surface area contributed by atoms with Gasteiger partial charge in [-0.2, -0.15) is 9.78 Å². The van der Waals surface area contributed by atoms with Crippen LogP contribution in [-0.4, -0.2) is 34.5 Å². The van der Waals surface area contributed by atoms with Gasteiger partial charge in [0.1, 0.15) is 17.5 Å². The number of hydrogen-bond acceptors (Lipinski definition) is 5. The smallest absolute Gasteiger partial charge is 0.281 e. The van der Waals surface area contributed by atoms with Crippen LogP contribution in [0.1, 0.15) is 30.8 Å². The van der Waals surface area contributed by atoms with E-state index in [0.29, 0.717) is 34.7 Å². The van der Waals surface area contributed by atoms with Crippen molar-refractivity contribution in [3.63, 3.8) is 0 Å². The number of aromatic nitrogens is 3. The average molecular weight is 461 g/mol. The number of methoxy groups -OCH3 is 2. The third-order valence-electron chi connectivity index (χ3n) is 6.12. The molecular formula is C26H28N4O4. The highest BCUT2D eigenvalue weighted by Crippen LogP contribution is 2.32. The molecule has 2 aromatic carbocycles. The van der Waals surface area contributed by atoms with Gasteiger partial charge in [0, 0.05) is 22.8 Å². The summed E-state index contributed by atoms with van der Waals surface area (Å²) in [5, 5.41) is 8.66. The van der Waals surface area contributed by atoms with Crippen LogP contribution in [0, 0.1) is 13.8 Å². The van der Waals surface area contributed by atoms with Gasteiger partial charge in [0.15, 0.2) is 0 Å². The highest BCUT2D eigenvalue weighted by molar-refractivity contribution is 5.96. The molecule has 4 aromatic rings. The van der Waals surface area contributed by atoms with Crippen LogP contribution in [0.2, 0.25) is 0 Å². The van der Waals surface area contributed by atoms with Crippen molar-refractivity contribution in [2.75, 3.05) is 19.5 Å². The van der Waals surface area contributed by atoms with Crippen molar-refractivity contribution in [2.45, 2.75) is 33.2 Å². The second-order valence-corrected chi connectivity index (χ2v) is 8.01. The summed E-state index contributed by atoms with van der Waals surface area (Å²) in [4.78, 5) is 26.8. The Morgan fingerprint density at radius 2 is 1.79 bits per heavy atom. The normalized spacial score (nSPS) is 11.9. The fourth-order valence-corrected chi connectivity index (χ4v) is 4.41. The Bertz CT molecular complexity index is 1410. The van der Waals surface area contributed by atoms with E-state index in [1.54, 1.807) is 38.6 Å². The first-order chi connectivity index (χ1) is 16.4. The first kappa shape index (κ1) is 23.1. The Morgan fingerprint density at radius 1 is 1.06 bits per heavy atom. The van der Waals surface area contributed by atoms with Crippen molar-refractivity contribution in [3.8, 4) is 17.2 Å². The van der Waals surface area contributed by atoms with Gasteiger partial charge in [-0.3, -0.25) is 9.59 Å². The topological polar surface area (TPSA) is 87.4 Å². The first-order valence-corrected chi connectivity index (χ1v) is 11.1. The summed E-state index contributed by atoms with van der Waals surface area (Å²) in [6.45, 7) is 5.72. The molecule has 0 aliphatic carbocycles. The molecule has 0 saturated carbocycles. The molecule has 0 radical (unpaired) electrons. The number of fused-ring (bicyclic) bond motifs is 1. The molecule has 8 heteroatoms. The lowest BCUT2D eigenvalue weighted by molar-refractivity contribution is -0.119. The maximum absolute atomic E-state index is 13.4. The zero-order valence-corrected chi connectivity index (χ0v) is 20.0. The molecule has 0 aliphatic rings. The van der Waals surface area contributed by atoms with Crippen LogP contribution in [-0.2, 0) is 4.79 Å². The van der Waals surface area contributed by atoms with Gasteiger partial charge in [-0.1, -0.05) is 25.1 Å². The van der Waals surface area contributed by atoms with Gasteiger partial charge in [0.2, 0.25) is 5.91 Å². The highest BCUT2D eigenvalue weighted by Gasteiger charge is 2.26. The predicted molar refractivity (Wildman–Crippen MR) is 132 cm³/mol. The van der Waals surface area contributed by atoms with E-state index in [2.05, 4.69) is 10.4 Å². The zero-order valence-electron chi connectivity index (χ0n) is 20.0. The number of carbonyl (C=O) groups is 1. The summed E-state index contributed by atoms with van der Waals surface area (Å²) in [7, 11) is 3.11. The van der Waals surface area contributed by atoms with Crippen molar-refractivity contribution in [1.29, 1.82) is 0 Å². The van der Waals surface area contributed by atoms with E-state index in [1.165, 1.54) is 4.68 Å². The second-order valence-electron chi connectivity index (χ2n) is 8.01. The molecule has 176 valence electrons. The summed E-state index contributed by atoms with van der Waals surface area (Å²) in [5.74, 6) is 0.928. The molecule has 0 saturated heterocycles. The monoisotopic (exact) mass is 460 g/mol. The molecule has 0 bridgehead atoms. The van der Waals surface area contributed by atoms with Crippen LogP contribution in [0.25, 0.3) is 16.5 Å². The predicted octanol–water partition coefficient (Wildman–Crippen LogP) is 4.41. The molecule has 1 atom stereocenters. The number of nitrogens with one attached hydrogen (secondary N) is 1. The zero-order chi connectivity index (χ0) is 24.4. The van der Waals surface area contributed by atoms with Crippen molar-refractivity contribution in [1.82, 2.24) is 14.3 Å². The number of benzene rings is 2.